The second-order valence-electron chi connectivity index (χ2n) is 13.1. The predicted octanol–water partition coefficient (Wildman–Crippen LogP) is -0.650. The lowest BCUT2D eigenvalue weighted by molar-refractivity contribution is -0.156. The van der Waals surface area contributed by atoms with Crippen LogP contribution in [0.4, 0.5) is 5.69 Å². The van der Waals surface area contributed by atoms with Gasteiger partial charge in [0.1, 0.15) is 23.7 Å². The summed E-state index contributed by atoms with van der Waals surface area (Å²) in [5.41, 5.74) is 28.7. The van der Waals surface area contributed by atoms with Crippen LogP contribution in [0.2, 0.25) is 0 Å². The van der Waals surface area contributed by atoms with Gasteiger partial charge in [-0.2, -0.15) is 0 Å². The molecular formula is C34H51N11O7. The number of aryl methyl sites for hydroxylation is 1. The van der Waals surface area contributed by atoms with E-state index in [0.717, 1.165) is 4.90 Å². The molecule has 5 amide bonds. The zero-order valence-electron chi connectivity index (χ0n) is 30.1. The number of likely N-dealkylation sites (tertiary alicyclic amines) is 1. The summed E-state index contributed by atoms with van der Waals surface area (Å²) in [6.07, 6.45) is 1.42. The van der Waals surface area contributed by atoms with Gasteiger partial charge >= 0.3 is 5.63 Å². The standard InChI is InChI=1S/C34H51N11O7/c1-18(2)28(35)32(51)45(20(4)46)25(9-6-14-41-34(38)39)31(50)44-15-7-10-24(44)30(49)43-23(8-5-13-40-33(36)37)29(48)42-21-11-12-22-19(3)16-27(47)52-26(22)17-21/h11-12,16-18,23-25,28H,5-10,13-15,35H2,1-4H3,(H,42,48)(H,43,49)(H4,36,37,40)(H4,38,39,41)/t23-,24-,25-,28-/m0/s1. The normalized spacial score (nSPS) is 15.7. The van der Waals surface area contributed by atoms with Crippen LogP contribution in [-0.2, 0) is 24.0 Å². The number of hydrogen-bond acceptors (Lipinski definition) is 10. The van der Waals surface area contributed by atoms with Crippen LogP contribution in [0.3, 0.4) is 0 Å². The van der Waals surface area contributed by atoms with Crippen LogP contribution in [0.15, 0.2) is 43.5 Å². The van der Waals surface area contributed by atoms with E-state index in [0.29, 0.717) is 29.5 Å². The van der Waals surface area contributed by atoms with E-state index >= 15 is 0 Å². The first-order valence-corrected chi connectivity index (χ1v) is 17.2. The van der Waals surface area contributed by atoms with Gasteiger partial charge in [0.2, 0.25) is 29.5 Å². The molecule has 0 saturated carbocycles. The second-order valence-corrected chi connectivity index (χ2v) is 13.1. The molecule has 1 aliphatic rings. The number of nitrogens with one attached hydrogen (secondary N) is 2. The van der Waals surface area contributed by atoms with Crippen LogP contribution in [0.25, 0.3) is 11.0 Å². The van der Waals surface area contributed by atoms with Crippen molar-refractivity contribution in [3.8, 4) is 0 Å². The van der Waals surface area contributed by atoms with E-state index in [1.807, 2.05) is 0 Å². The molecule has 0 unspecified atom stereocenters. The predicted molar refractivity (Wildman–Crippen MR) is 196 cm³/mol. The van der Waals surface area contributed by atoms with Crippen LogP contribution in [-0.4, -0.2) is 95.1 Å². The molecule has 18 heteroatoms. The van der Waals surface area contributed by atoms with Crippen LogP contribution < -0.4 is 44.9 Å². The minimum atomic E-state index is -1.28. The lowest BCUT2D eigenvalue weighted by Crippen LogP contribution is -2.59. The molecule has 0 spiro atoms. The largest absolute Gasteiger partial charge is 0.423 e. The molecule has 2 aromatic rings. The molecule has 1 aromatic carbocycles. The summed E-state index contributed by atoms with van der Waals surface area (Å²) < 4.78 is 5.30. The minimum Gasteiger partial charge on any atom is -0.423 e. The average Bonchev–Trinajstić information content (AvgIpc) is 3.56. The van der Waals surface area contributed by atoms with Gasteiger partial charge in [-0.25, -0.2) is 4.79 Å². The molecule has 18 nitrogen and oxygen atoms in total. The number of carbonyl (C=O) groups excluding carboxylic acids is 5. The van der Waals surface area contributed by atoms with Crippen molar-refractivity contribution in [2.24, 2.45) is 44.6 Å². The number of anilines is 1. The molecule has 1 fully saturated rings. The van der Waals surface area contributed by atoms with Gasteiger partial charge in [-0.05, 0) is 69.1 Å². The Morgan fingerprint density at radius 2 is 1.63 bits per heavy atom. The van der Waals surface area contributed by atoms with Crippen molar-refractivity contribution < 1.29 is 28.4 Å². The number of nitrogens with zero attached hydrogens (tertiary/aromatic N) is 4. The lowest BCUT2D eigenvalue weighted by atomic mass is 10.0. The quantitative estimate of drug-likeness (QED) is 0.0492. The van der Waals surface area contributed by atoms with Crippen molar-refractivity contribution in [2.75, 3.05) is 25.0 Å². The number of rotatable bonds is 16. The lowest BCUT2D eigenvalue weighted by Gasteiger charge is -2.35. The van der Waals surface area contributed by atoms with Gasteiger partial charge in [0.05, 0.1) is 6.04 Å². The van der Waals surface area contributed by atoms with E-state index in [9.17, 15) is 28.8 Å². The van der Waals surface area contributed by atoms with Gasteiger partial charge in [-0.15, -0.1) is 0 Å². The molecule has 1 saturated heterocycles. The number of benzene rings is 1. The summed E-state index contributed by atoms with van der Waals surface area (Å²) in [6.45, 7) is 6.87. The van der Waals surface area contributed by atoms with E-state index in [-0.39, 0.29) is 68.7 Å². The maximum atomic E-state index is 14.2. The molecule has 2 heterocycles. The zero-order chi connectivity index (χ0) is 38.7. The monoisotopic (exact) mass is 725 g/mol. The van der Waals surface area contributed by atoms with E-state index in [1.165, 1.54) is 24.0 Å². The Bertz CT molecular complexity index is 1750. The molecule has 3 rings (SSSR count). The van der Waals surface area contributed by atoms with E-state index in [2.05, 4.69) is 20.6 Å². The highest BCUT2D eigenvalue weighted by Gasteiger charge is 2.43. The minimum absolute atomic E-state index is 0.0117. The zero-order valence-corrected chi connectivity index (χ0v) is 30.1. The van der Waals surface area contributed by atoms with Crippen LogP contribution >= 0.6 is 0 Å². The summed E-state index contributed by atoms with van der Waals surface area (Å²) in [6, 6.07) is 1.78. The molecule has 4 atom stereocenters. The Labute approximate surface area is 301 Å². The fourth-order valence-electron chi connectivity index (χ4n) is 6.00. The Balaban J connectivity index is 1.88. The Hall–Kier alpha value is -5.52. The first-order chi connectivity index (χ1) is 24.5. The summed E-state index contributed by atoms with van der Waals surface area (Å²) in [5.74, 6) is -3.81. The molecule has 1 aromatic heterocycles. The summed E-state index contributed by atoms with van der Waals surface area (Å²) in [7, 11) is 0. The average molecular weight is 726 g/mol. The Morgan fingerprint density at radius 1 is 1.00 bits per heavy atom. The number of guanidine groups is 2. The maximum Gasteiger partial charge on any atom is 0.336 e. The SMILES string of the molecule is CC(=O)N(C(=O)[C@@H](N)C(C)C)[C@@H](CCCN=C(N)N)C(=O)N1CCC[C@H]1C(=O)N[C@@H](CCCN=C(N)N)C(=O)Nc1ccc2c(C)cc(=O)oc2c1. The van der Waals surface area contributed by atoms with Crippen LogP contribution in [0.5, 0.6) is 0 Å². The van der Waals surface area contributed by atoms with Crippen molar-refractivity contribution in [2.45, 2.75) is 90.4 Å². The molecular weight excluding hydrogens is 674 g/mol. The Morgan fingerprint density at radius 3 is 2.23 bits per heavy atom. The van der Waals surface area contributed by atoms with Gasteiger partial charge < -0.3 is 48.6 Å². The van der Waals surface area contributed by atoms with E-state index < -0.39 is 59.3 Å². The number of fused-ring (bicyclic) bond motifs is 1. The molecule has 0 bridgehead atoms. The molecule has 0 radical (unpaired) electrons. The number of aliphatic imine (C=N–C) groups is 2. The third kappa shape index (κ3) is 11.0. The summed E-state index contributed by atoms with van der Waals surface area (Å²) in [5, 5.41) is 6.23. The van der Waals surface area contributed by atoms with Crippen molar-refractivity contribution >= 4 is 58.1 Å². The number of amides is 5. The fraction of sp³-hybridized carbons (Fsp3) is 0.529. The highest BCUT2D eigenvalue weighted by atomic mass is 16.4. The first kappa shape index (κ1) is 40.9. The molecule has 284 valence electrons. The summed E-state index contributed by atoms with van der Waals surface area (Å²) in [4.78, 5) is 90.2. The third-order valence-corrected chi connectivity index (χ3v) is 8.74. The molecule has 52 heavy (non-hydrogen) atoms. The van der Waals surface area contributed by atoms with E-state index in [4.69, 9.17) is 33.1 Å². The highest BCUT2D eigenvalue weighted by Crippen LogP contribution is 2.24. The van der Waals surface area contributed by atoms with Gasteiger partial charge in [-0.3, -0.25) is 38.9 Å². The van der Waals surface area contributed by atoms with Crippen molar-refractivity contribution in [3.63, 3.8) is 0 Å². The molecule has 12 N–H and O–H groups in total. The number of imide groups is 1. The number of carbonyl (C=O) groups is 5. The number of hydrogen-bond donors (Lipinski definition) is 7. The number of nitrogens with two attached hydrogens (primary N) is 5. The fourth-order valence-corrected chi connectivity index (χ4v) is 6.00. The van der Waals surface area contributed by atoms with Gasteiger partial charge in [0.15, 0.2) is 11.9 Å². The second kappa shape index (κ2) is 18.6. The first-order valence-electron chi connectivity index (χ1n) is 17.2. The third-order valence-electron chi connectivity index (χ3n) is 8.74. The van der Waals surface area contributed by atoms with Gasteiger partial charge in [0, 0.05) is 49.8 Å². The van der Waals surface area contributed by atoms with E-state index in [1.54, 1.807) is 32.9 Å². The van der Waals surface area contributed by atoms with Crippen molar-refractivity contribution in [3.05, 3.63) is 40.2 Å². The van der Waals surface area contributed by atoms with Crippen molar-refractivity contribution in [1.82, 2.24) is 15.1 Å². The smallest absolute Gasteiger partial charge is 0.336 e. The van der Waals surface area contributed by atoms with Crippen molar-refractivity contribution in [1.29, 1.82) is 0 Å². The molecule has 1 aliphatic heterocycles. The van der Waals surface area contributed by atoms with Crippen LogP contribution in [0.1, 0.15) is 64.9 Å². The van der Waals surface area contributed by atoms with Gasteiger partial charge in [-0.1, -0.05) is 13.8 Å². The van der Waals surface area contributed by atoms with Crippen LogP contribution in [0, 0.1) is 12.8 Å². The summed E-state index contributed by atoms with van der Waals surface area (Å²) >= 11 is 0. The highest BCUT2D eigenvalue weighted by molar-refractivity contribution is 6.03. The maximum absolute atomic E-state index is 14.2. The Kier molecular flexibility index (Phi) is 14.7. The molecule has 0 aliphatic carbocycles. The topological polar surface area (TPSA) is 301 Å². The van der Waals surface area contributed by atoms with Gasteiger partial charge in [0.25, 0.3) is 0 Å².